The van der Waals surface area contributed by atoms with Crippen LogP contribution in [0.2, 0.25) is 0 Å². The number of fused-ring (bicyclic) bond motifs is 1. The van der Waals surface area contributed by atoms with Crippen LogP contribution < -0.4 is 0 Å². The van der Waals surface area contributed by atoms with Gasteiger partial charge in [0.1, 0.15) is 0 Å². The van der Waals surface area contributed by atoms with E-state index in [2.05, 4.69) is 6.92 Å². The summed E-state index contributed by atoms with van der Waals surface area (Å²) >= 11 is 0. The maximum Gasteiger partial charge on any atom is 0.238 e. The smallest absolute Gasteiger partial charge is 0.238 e. The predicted octanol–water partition coefficient (Wildman–Crippen LogP) is 6.30. The van der Waals surface area contributed by atoms with Crippen molar-refractivity contribution in [3.05, 3.63) is 58.1 Å². The molecule has 0 aromatic heterocycles. The van der Waals surface area contributed by atoms with Crippen molar-refractivity contribution in [3.8, 4) is 0 Å². The fraction of sp³-hybridized carbons (Fsp3) is 0.500. The lowest BCUT2D eigenvalue weighted by atomic mass is 9.95. The molecule has 23 heavy (non-hydrogen) atoms. The molecule has 0 heterocycles. The number of rotatable bonds is 10. The van der Waals surface area contributed by atoms with Crippen LogP contribution in [-0.4, -0.2) is 4.92 Å². The lowest BCUT2D eigenvalue weighted by molar-refractivity contribution is -0.529. The standard InChI is InChI=1S/C20H27NO2/c1-2-3-4-5-6-7-8-16-20(21(22)23)19-15-11-13-17-12-9-10-14-18(17)19/h9-15,20H,2-8,16H2,1H3. The van der Waals surface area contributed by atoms with E-state index >= 15 is 0 Å². The summed E-state index contributed by atoms with van der Waals surface area (Å²) in [5.41, 5.74) is 0.860. The summed E-state index contributed by atoms with van der Waals surface area (Å²) < 4.78 is 0. The summed E-state index contributed by atoms with van der Waals surface area (Å²) in [7, 11) is 0. The topological polar surface area (TPSA) is 43.1 Å². The van der Waals surface area contributed by atoms with Gasteiger partial charge in [0.25, 0.3) is 0 Å². The minimum atomic E-state index is -0.586. The molecule has 1 atom stereocenters. The first kappa shape index (κ1) is 17.5. The minimum Gasteiger partial charge on any atom is -0.264 e. The zero-order chi connectivity index (χ0) is 16.5. The lowest BCUT2D eigenvalue weighted by Crippen LogP contribution is -2.11. The summed E-state index contributed by atoms with van der Waals surface area (Å²) in [6.07, 6.45) is 8.95. The van der Waals surface area contributed by atoms with E-state index in [4.69, 9.17) is 0 Å². The number of hydrogen-bond acceptors (Lipinski definition) is 2. The number of hydrogen-bond donors (Lipinski definition) is 0. The molecule has 124 valence electrons. The highest BCUT2D eigenvalue weighted by Gasteiger charge is 2.23. The summed E-state index contributed by atoms with van der Waals surface area (Å²) in [6, 6.07) is 13.2. The van der Waals surface area contributed by atoms with Crippen LogP contribution in [0.4, 0.5) is 0 Å². The molecule has 0 aliphatic carbocycles. The molecule has 0 fully saturated rings. The predicted molar refractivity (Wildman–Crippen MR) is 96.3 cm³/mol. The van der Waals surface area contributed by atoms with Crippen molar-refractivity contribution < 1.29 is 4.92 Å². The zero-order valence-corrected chi connectivity index (χ0v) is 14.0. The number of benzene rings is 2. The van der Waals surface area contributed by atoms with Crippen molar-refractivity contribution in [3.63, 3.8) is 0 Å². The Balaban J connectivity index is 1.97. The second-order valence-electron chi connectivity index (χ2n) is 6.28. The summed E-state index contributed by atoms with van der Waals surface area (Å²) in [5.74, 6) is 0. The maximum atomic E-state index is 11.6. The van der Waals surface area contributed by atoms with Gasteiger partial charge in [-0.15, -0.1) is 0 Å². The third-order valence-corrected chi connectivity index (χ3v) is 4.52. The van der Waals surface area contributed by atoms with Gasteiger partial charge >= 0.3 is 0 Å². The van der Waals surface area contributed by atoms with Crippen molar-refractivity contribution in [2.45, 2.75) is 64.3 Å². The monoisotopic (exact) mass is 313 g/mol. The highest BCUT2D eigenvalue weighted by molar-refractivity contribution is 5.85. The fourth-order valence-electron chi connectivity index (χ4n) is 3.21. The average Bonchev–Trinajstić information content (AvgIpc) is 2.57. The van der Waals surface area contributed by atoms with E-state index in [1.54, 1.807) is 0 Å². The Kier molecular flexibility index (Phi) is 7.05. The van der Waals surface area contributed by atoms with Gasteiger partial charge in [-0.3, -0.25) is 10.1 Å². The van der Waals surface area contributed by atoms with Crippen LogP contribution in [0.15, 0.2) is 42.5 Å². The molecule has 3 heteroatoms. The second kappa shape index (κ2) is 9.29. The Labute approximate surface area is 138 Å². The zero-order valence-electron chi connectivity index (χ0n) is 14.0. The molecular formula is C20H27NO2. The van der Waals surface area contributed by atoms with Crippen molar-refractivity contribution >= 4 is 10.8 Å². The molecule has 0 saturated heterocycles. The van der Waals surface area contributed by atoms with Crippen molar-refractivity contribution in [2.24, 2.45) is 0 Å². The Hall–Kier alpha value is -1.90. The van der Waals surface area contributed by atoms with Gasteiger partial charge in [0.15, 0.2) is 0 Å². The first-order chi connectivity index (χ1) is 11.2. The van der Waals surface area contributed by atoms with Gasteiger partial charge in [-0.25, -0.2) is 0 Å². The molecule has 0 radical (unpaired) electrons. The summed E-state index contributed by atoms with van der Waals surface area (Å²) in [6.45, 7) is 2.21. The molecular weight excluding hydrogens is 286 g/mol. The molecule has 0 saturated carbocycles. The molecule has 0 spiro atoms. The van der Waals surface area contributed by atoms with E-state index in [9.17, 15) is 10.1 Å². The highest BCUT2D eigenvalue weighted by atomic mass is 16.6. The lowest BCUT2D eigenvalue weighted by Gasteiger charge is -2.12. The van der Waals surface area contributed by atoms with E-state index in [1.165, 1.54) is 32.1 Å². The van der Waals surface area contributed by atoms with Crippen LogP contribution in [0.25, 0.3) is 10.8 Å². The van der Waals surface area contributed by atoms with Crippen LogP contribution in [0.3, 0.4) is 0 Å². The largest absolute Gasteiger partial charge is 0.264 e. The van der Waals surface area contributed by atoms with E-state index in [-0.39, 0.29) is 4.92 Å². The molecule has 3 nitrogen and oxygen atoms in total. The number of nitrogens with zero attached hydrogens (tertiary/aromatic N) is 1. The Morgan fingerprint density at radius 1 is 0.913 bits per heavy atom. The van der Waals surface area contributed by atoms with Crippen molar-refractivity contribution in [2.75, 3.05) is 0 Å². The Morgan fingerprint density at radius 3 is 2.30 bits per heavy atom. The van der Waals surface area contributed by atoms with Gasteiger partial charge in [-0.05, 0) is 17.2 Å². The molecule has 0 bridgehead atoms. The van der Waals surface area contributed by atoms with E-state index in [0.717, 1.165) is 29.2 Å². The Morgan fingerprint density at radius 2 is 1.57 bits per heavy atom. The van der Waals surface area contributed by atoms with Gasteiger partial charge in [0.2, 0.25) is 6.04 Å². The highest BCUT2D eigenvalue weighted by Crippen LogP contribution is 2.30. The minimum absolute atomic E-state index is 0.112. The van der Waals surface area contributed by atoms with Crippen LogP contribution in [-0.2, 0) is 0 Å². The fourth-order valence-corrected chi connectivity index (χ4v) is 3.21. The number of nitro groups is 1. The molecule has 2 aromatic carbocycles. The third-order valence-electron chi connectivity index (χ3n) is 4.52. The van der Waals surface area contributed by atoms with Gasteiger partial charge in [-0.1, -0.05) is 87.9 Å². The van der Waals surface area contributed by atoms with Crippen molar-refractivity contribution in [1.82, 2.24) is 0 Å². The number of unbranched alkanes of at least 4 members (excludes halogenated alkanes) is 6. The van der Waals surface area contributed by atoms with Gasteiger partial charge < -0.3 is 0 Å². The molecule has 2 rings (SSSR count). The van der Waals surface area contributed by atoms with Crippen molar-refractivity contribution in [1.29, 1.82) is 0 Å². The first-order valence-corrected chi connectivity index (χ1v) is 8.85. The first-order valence-electron chi connectivity index (χ1n) is 8.85. The molecule has 2 aromatic rings. The van der Waals surface area contributed by atoms with E-state index in [0.29, 0.717) is 6.42 Å². The molecule has 0 aliphatic heterocycles. The molecule has 0 aliphatic rings. The van der Waals surface area contributed by atoms with Gasteiger partial charge in [-0.2, -0.15) is 0 Å². The van der Waals surface area contributed by atoms with Crippen LogP contribution in [0, 0.1) is 10.1 Å². The van der Waals surface area contributed by atoms with Crippen LogP contribution in [0.5, 0.6) is 0 Å². The molecule has 1 unspecified atom stereocenters. The maximum absolute atomic E-state index is 11.6. The summed E-state index contributed by atoms with van der Waals surface area (Å²) in [4.78, 5) is 11.4. The van der Waals surface area contributed by atoms with E-state index in [1.807, 2.05) is 42.5 Å². The SMILES string of the molecule is CCCCCCCCCC(c1cccc2ccccc12)[N+](=O)[O-]. The molecule has 0 N–H and O–H groups in total. The average molecular weight is 313 g/mol. The third kappa shape index (κ3) is 5.05. The Bertz CT molecular complexity index is 619. The summed E-state index contributed by atoms with van der Waals surface area (Å²) in [5, 5.41) is 13.6. The normalized spacial score (nSPS) is 12.4. The molecule has 0 amide bonds. The quantitative estimate of drug-likeness (QED) is 0.293. The van der Waals surface area contributed by atoms with E-state index < -0.39 is 6.04 Å². The van der Waals surface area contributed by atoms with Gasteiger partial charge in [0.05, 0.1) is 0 Å². The second-order valence-corrected chi connectivity index (χ2v) is 6.28. The van der Waals surface area contributed by atoms with Crippen LogP contribution >= 0.6 is 0 Å². The van der Waals surface area contributed by atoms with Gasteiger partial charge in [0, 0.05) is 16.9 Å². The van der Waals surface area contributed by atoms with Crippen LogP contribution in [0.1, 0.15) is 69.9 Å².